The van der Waals surface area contributed by atoms with Gasteiger partial charge in [0.1, 0.15) is 5.75 Å². The average molecular weight is 328 g/mol. The molecule has 2 heteroatoms. The number of fused-ring (bicyclic) bond motifs is 1. The summed E-state index contributed by atoms with van der Waals surface area (Å²) in [7, 11) is 0. The zero-order valence-electron chi connectivity index (χ0n) is 15.4. The minimum absolute atomic E-state index is 0.825. The fourth-order valence-electron chi connectivity index (χ4n) is 3.09. The second kappa shape index (κ2) is 11.1. The Morgan fingerprint density at radius 1 is 0.833 bits per heavy atom. The largest absolute Gasteiger partial charge is 0.493 e. The lowest BCUT2D eigenvalue weighted by atomic mass is 10.0. The van der Waals surface area contributed by atoms with E-state index in [1.807, 2.05) is 0 Å². The first-order valence-corrected chi connectivity index (χ1v) is 9.71. The summed E-state index contributed by atoms with van der Waals surface area (Å²) < 4.78 is 6.14. The summed E-state index contributed by atoms with van der Waals surface area (Å²) in [4.78, 5) is 0. The maximum Gasteiger partial charge on any atom is 0.124 e. The number of rotatable bonds is 12. The third kappa shape index (κ3) is 5.83. The van der Waals surface area contributed by atoms with E-state index in [2.05, 4.69) is 55.6 Å². The van der Waals surface area contributed by atoms with Crippen LogP contribution in [0.5, 0.6) is 5.75 Å². The maximum absolute atomic E-state index is 6.14. The SMILES string of the molecule is CCCCCCCCOc1ccc2ccccc2c1CNCCC. The van der Waals surface area contributed by atoms with E-state index in [0.717, 1.165) is 38.3 Å². The first-order valence-electron chi connectivity index (χ1n) is 9.71. The molecule has 0 fully saturated rings. The summed E-state index contributed by atoms with van der Waals surface area (Å²) in [6.45, 7) is 7.20. The molecule has 24 heavy (non-hydrogen) atoms. The van der Waals surface area contributed by atoms with Gasteiger partial charge in [-0.3, -0.25) is 0 Å². The molecule has 0 unspecified atom stereocenters. The van der Waals surface area contributed by atoms with Crippen LogP contribution >= 0.6 is 0 Å². The molecule has 0 aliphatic carbocycles. The minimum Gasteiger partial charge on any atom is -0.493 e. The van der Waals surface area contributed by atoms with Crippen LogP contribution in [0.2, 0.25) is 0 Å². The molecule has 0 atom stereocenters. The first-order chi connectivity index (χ1) is 11.9. The molecule has 2 aromatic carbocycles. The molecule has 0 aromatic heterocycles. The Kier molecular flexibility index (Phi) is 8.69. The van der Waals surface area contributed by atoms with Gasteiger partial charge in [0, 0.05) is 12.1 Å². The Morgan fingerprint density at radius 3 is 2.46 bits per heavy atom. The van der Waals surface area contributed by atoms with Gasteiger partial charge in [-0.15, -0.1) is 0 Å². The van der Waals surface area contributed by atoms with Crippen LogP contribution in [0.15, 0.2) is 36.4 Å². The monoisotopic (exact) mass is 327 g/mol. The third-order valence-electron chi connectivity index (χ3n) is 4.48. The molecular formula is C22H33NO. The highest BCUT2D eigenvalue weighted by Crippen LogP contribution is 2.28. The van der Waals surface area contributed by atoms with Gasteiger partial charge >= 0.3 is 0 Å². The first kappa shape index (κ1) is 18.8. The molecular weight excluding hydrogens is 294 g/mol. The van der Waals surface area contributed by atoms with Gasteiger partial charge in [-0.1, -0.05) is 76.3 Å². The van der Waals surface area contributed by atoms with Gasteiger partial charge < -0.3 is 10.1 Å². The van der Waals surface area contributed by atoms with Gasteiger partial charge in [-0.25, -0.2) is 0 Å². The fourth-order valence-corrected chi connectivity index (χ4v) is 3.09. The summed E-state index contributed by atoms with van der Waals surface area (Å²) in [5, 5.41) is 6.13. The van der Waals surface area contributed by atoms with Gasteiger partial charge in [0.15, 0.2) is 0 Å². The van der Waals surface area contributed by atoms with Crippen molar-refractivity contribution in [1.29, 1.82) is 0 Å². The summed E-state index contributed by atoms with van der Waals surface area (Å²) >= 11 is 0. The predicted octanol–water partition coefficient (Wildman–Crippen LogP) is 6.08. The third-order valence-corrected chi connectivity index (χ3v) is 4.48. The van der Waals surface area contributed by atoms with E-state index in [1.165, 1.54) is 48.4 Å². The molecule has 0 radical (unpaired) electrons. The van der Waals surface area contributed by atoms with Gasteiger partial charge in [-0.05, 0) is 36.2 Å². The minimum atomic E-state index is 0.825. The van der Waals surface area contributed by atoms with Crippen molar-refractivity contribution >= 4 is 10.8 Å². The summed E-state index contributed by atoms with van der Waals surface area (Å²) in [5.74, 6) is 1.05. The molecule has 0 aliphatic heterocycles. The number of hydrogen-bond acceptors (Lipinski definition) is 2. The van der Waals surface area contributed by atoms with E-state index in [9.17, 15) is 0 Å². The Hall–Kier alpha value is -1.54. The van der Waals surface area contributed by atoms with Crippen LogP contribution < -0.4 is 10.1 Å². The Labute approximate surface area is 147 Å². The van der Waals surface area contributed by atoms with Gasteiger partial charge in [0.2, 0.25) is 0 Å². The molecule has 2 rings (SSSR count). The molecule has 0 saturated carbocycles. The van der Waals surface area contributed by atoms with Crippen molar-refractivity contribution in [3.63, 3.8) is 0 Å². The van der Waals surface area contributed by atoms with Crippen molar-refractivity contribution in [2.24, 2.45) is 0 Å². The van der Waals surface area contributed by atoms with Crippen molar-refractivity contribution in [2.75, 3.05) is 13.2 Å². The molecule has 2 nitrogen and oxygen atoms in total. The Balaban J connectivity index is 1.96. The van der Waals surface area contributed by atoms with E-state index < -0.39 is 0 Å². The number of nitrogens with one attached hydrogen (secondary N) is 1. The second-order valence-corrected chi connectivity index (χ2v) is 6.56. The van der Waals surface area contributed by atoms with Crippen molar-refractivity contribution in [1.82, 2.24) is 5.32 Å². The molecule has 0 saturated heterocycles. The molecule has 0 amide bonds. The van der Waals surface area contributed by atoms with Gasteiger partial charge in [-0.2, -0.15) is 0 Å². The Morgan fingerprint density at radius 2 is 1.62 bits per heavy atom. The van der Waals surface area contributed by atoms with Gasteiger partial charge in [0.25, 0.3) is 0 Å². The second-order valence-electron chi connectivity index (χ2n) is 6.56. The van der Waals surface area contributed by atoms with E-state index in [1.54, 1.807) is 0 Å². The lowest BCUT2D eigenvalue weighted by Gasteiger charge is -2.15. The lowest BCUT2D eigenvalue weighted by molar-refractivity contribution is 0.301. The zero-order chi connectivity index (χ0) is 17.0. The number of hydrogen-bond donors (Lipinski definition) is 1. The molecule has 0 spiro atoms. The molecule has 132 valence electrons. The maximum atomic E-state index is 6.14. The van der Waals surface area contributed by atoms with Crippen molar-refractivity contribution in [3.8, 4) is 5.75 Å². The standard InChI is InChI=1S/C22H33NO/c1-3-5-6-7-8-11-17-24-22-15-14-19-12-9-10-13-20(19)21(22)18-23-16-4-2/h9-10,12-15,23H,3-8,11,16-18H2,1-2H3. The zero-order valence-corrected chi connectivity index (χ0v) is 15.4. The highest BCUT2D eigenvalue weighted by Gasteiger charge is 2.08. The quantitative estimate of drug-likeness (QED) is 0.477. The lowest BCUT2D eigenvalue weighted by Crippen LogP contribution is -2.15. The van der Waals surface area contributed by atoms with Gasteiger partial charge in [0.05, 0.1) is 6.61 Å². The van der Waals surface area contributed by atoms with Crippen molar-refractivity contribution in [3.05, 3.63) is 42.0 Å². The number of ether oxygens (including phenoxy) is 1. The van der Waals surface area contributed by atoms with Crippen LogP contribution in [-0.2, 0) is 6.54 Å². The van der Waals surface area contributed by atoms with E-state index >= 15 is 0 Å². The highest BCUT2D eigenvalue weighted by atomic mass is 16.5. The van der Waals surface area contributed by atoms with Crippen LogP contribution in [0.1, 0.15) is 64.4 Å². The molecule has 0 heterocycles. The van der Waals surface area contributed by atoms with Crippen molar-refractivity contribution < 1.29 is 4.74 Å². The Bertz CT molecular complexity index is 594. The summed E-state index contributed by atoms with van der Waals surface area (Å²) in [6, 6.07) is 12.9. The summed E-state index contributed by atoms with van der Waals surface area (Å²) in [6.07, 6.45) is 8.94. The molecule has 1 N–H and O–H groups in total. The van der Waals surface area contributed by atoms with E-state index in [-0.39, 0.29) is 0 Å². The van der Waals surface area contributed by atoms with Crippen LogP contribution in [0.4, 0.5) is 0 Å². The predicted molar refractivity (Wildman–Crippen MR) is 105 cm³/mol. The molecule has 0 aliphatic rings. The fraction of sp³-hybridized carbons (Fsp3) is 0.545. The normalized spacial score (nSPS) is 11.1. The summed E-state index contributed by atoms with van der Waals surface area (Å²) in [5.41, 5.74) is 1.30. The van der Waals surface area contributed by atoms with E-state index in [4.69, 9.17) is 4.74 Å². The topological polar surface area (TPSA) is 21.3 Å². The van der Waals surface area contributed by atoms with Crippen LogP contribution in [0, 0.1) is 0 Å². The number of unbranched alkanes of at least 4 members (excludes halogenated alkanes) is 5. The average Bonchev–Trinajstić information content (AvgIpc) is 2.62. The van der Waals surface area contributed by atoms with Crippen molar-refractivity contribution in [2.45, 2.75) is 65.3 Å². The molecule has 2 aromatic rings. The molecule has 0 bridgehead atoms. The number of benzene rings is 2. The highest BCUT2D eigenvalue weighted by molar-refractivity contribution is 5.87. The van der Waals surface area contributed by atoms with Crippen LogP contribution in [0.25, 0.3) is 10.8 Å². The van der Waals surface area contributed by atoms with Crippen LogP contribution in [0.3, 0.4) is 0 Å². The van der Waals surface area contributed by atoms with Crippen LogP contribution in [-0.4, -0.2) is 13.2 Å². The smallest absolute Gasteiger partial charge is 0.124 e. The van der Waals surface area contributed by atoms with E-state index in [0.29, 0.717) is 0 Å².